The van der Waals surface area contributed by atoms with Gasteiger partial charge in [0.05, 0.1) is 11.9 Å². The summed E-state index contributed by atoms with van der Waals surface area (Å²) in [5, 5.41) is 11.1. The normalized spacial score (nSPS) is 12.4. The first kappa shape index (κ1) is 12.3. The molecule has 0 saturated carbocycles. The molecule has 88 valence electrons. The highest BCUT2D eigenvalue weighted by Crippen LogP contribution is 2.28. The summed E-state index contributed by atoms with van der Waals surface area (Å²) in [6.07, 6.45) is 4.17. The van der Waals surface area contributed by atoms with Crippen LogP contribution in [-0.4, -0.2) is 15.1 Å². The molecule has 1 unspecified atom stereocenters. The van der Waals surface area contributed by atoms with Crippen LogP contribution in [-0.2, 0) is 6.42 Å². The lowest BCUT2D eigenvalue weighted by Gasteiger charge is -2.12. The molecule has 1 aromatic carbocycles. The van der Waals surface area contributed by atoms with Gasteiger partial charge in [-0.15, -0.1) is 0 Å². The van der Waals surface area contributed by atoms with Gasteiger partial charge in [0.1, 0.15) is 6.10 Å². The van der Waals surface area contributed by atoms with Crippen LogP contribution in [0.25, 0.3) is 0 Å². The molecule has 0 aliphatic rings. The summed E-state index contributed by atoms with van der Waals surface area (Å²) >= 11 is 12.1. The number of hydrogen-bond acceptors (Lipinski definition) is 3. The number of aliphatic hydroxyl groups is 1. The third-order valence-corrected chi connectivity index (χ3v) is 3.09. The van der Waals surface area contributed by atoms with Gasteiger partial charge in [-0.1, -0.05) is 29.3 Å². The fourth-order valence-electron chi connectivity index (χ4n) is 1.51. The Bertz CT molecular complexity index is 485. The summed E-state index contributed by atoms with van der Waals surface area (Å²) in [7, 11) is 0. The van der Waals surface area contributed by atoms with E-state index in [4.69, 9.17) is 23.2 Å². The predicted octanol–water partition coefficient (Wildman–Crippen LogP) is 3.06. The summed E-state index contributed by atoms with van der Waals surface area (Å²) < 4.78 is 0. The van der Waals surface area contributed by atoms with Crippen LogP contribution in [0.5, 0.6) is 0 Å². The molecule has 0 bridgehead atoms. The van der Waals surface area contributed by atoms with Crippen molar-refractivity contribution < 1.29 is 5.11 Å². The summed E-state index contributed by atoms with van der Waals surface area (Å²) in [6, 6.07) is 5.25. The molecular weight excluding hydrogens is 259 g/mol. The van der Waals surface area contributed by atoms with Gasteiger partial charge in [0, 0.05) is 28.9 Å². The van der Waals surface area contributed by atoms with E-state index in [2.05, 4.69) is 9.97 Å². The molecule has 2 aromatic rings. The average Bonchev–Trinajstić information content (AvgIpc) is 2.35. The van der Waals surface area contributed by atoms with Crippen molar-refractivity contribution >= 4 is 23.2 Å². The topological polar surface area (TPSA) is 46.0 Å². The summed E-state index contributed by atoms with van der Waals surface area (Å²) in [4.78, 5) is 7.94. The lowest BCUT2D eigenvalue weighted by Crippen LogP contribution is -2.05. The Morgan fingerprint density at radius 1 is 1.18 bits per heavy atom. The van der Waals surface area contributed by atoms with Crippen molar-refractivity contribution in [1.82, 2.24) is 9.97 Å². The molecule has 0 aliphatic carbocycles. The minimum absolute atomic E-state index is 0.317. The van der Waals surface area contributed by atoms with Gasteiger partial charge in [0.15, 0.2) is 0 Å². The molecule has 2 rings (SSSR count). The fourth-order valence-corrected chi connectivity index (χ4v) is 2.06. The molecule has 0 aliphatic heterocycles. The Kier molecular flexibility index (Phi) is 3.94. The molecule has 1 atom stereocenters. The summed E-state index contributed by atoms with van der Waals surface area (Å²) in [5.41, 5.74) is 1.22. The van der Waals surface area contributed by atoms with Crippen LogP contribution < -0.4 is 0 Å². The minimum Gasteiger partial charge on any atom is -0.386 e. The van der Waals surface area contributed by atoms with Crippen LogP contribution in [0, 0.1) is 0 Å². The first-order valence-corrected chi connectivity index (χ1v) is 5.81. The average molecular weight is 269 g/mol. The van der Waals surface area contributed by atoms with E-state index < -0.39 is 6.10 Å². The highest BCUT2D eigenvalue weighted by Gasteiger charge is 2.14. The third-order valence-electron chi connectivity index (χ3n) is 2.38. The Morgan fingerprint density at radius 2 is 1.88 bits per heavy atom. The zero-order valence-electron chi connectivity index (χ0n) is 8.85. The molecule has 3 nitrogen and oxygen atoms in total. The van der Waals surface area contributed by atoms with Crippen molar-refractivity contribution in [3.05, 3.63) is 58.1 Å². The highest BCUT2D eigenvalue weighted by atomic mass is 35.5. The van der Waals surface area contributed by atoms with Crippen LogP contribution in [0.1, 0.15) is 17.4 Å². The van der Waals surface area contributed by atoms with Gasteiger partial charge in [-0.25, -0.2) is 0 Å². The molecule has 1 heterocycles. The number of aromatic nitrogens is 2. The van der Waals surface area contributed by atoms with Crippen LogP contribution in [0.2, 0.25) is 10.0 Å². The predicted molar refractivity (Wildman–Crippen MR) is 67.2 cm³/mol. The maximum absolute atomic E-state index is 10.0. The second-order valence-corrected chi connectivity index (χ2v) is 4.36. The van der Waals surface area contributed by atoms with Gasteiger partial charge in [0.25, 0.3) is 0 Å². The second-order valence-electron chi connectivity index (χ2n) is 3.55. The summed E-state index contributed by atoms with van der Waals surface area (Å²) in [6.45, 7) is 0. The van der Waals surface area contributed by atoms with Crippen LogP contribution >= 0.6 is 23.2 Å². The van der Waals surface area contributed by atoms with Gasteiger partial charge >= 0.3 is 0 Å². The molecule has 0 radical (unpaired) electrons. The number of benzene rings is 1. The Balaban J connectivity index is 2.22. The maximum Gasteiger partial charge on any atom is 0.102 e. The van der Waals surface area contributed by atoms with E-state index in [1.54, 1.807) is 24.4 Å². The van der Waals surface area contributed by atoms with E-state index in [9.17, 15) is 5.11 Å². The van der Waals surface area contributed by atoms with Crippen LogP contribution in [0.15, 0.2) is 36.8 Å². The number of nitrogens with zero attached hydrogens (tertiary/aromatic N) is 2. The van der Waals surface area contributed by atoms with Gasteiger partial charge in [-0.2, -0.15) is 0 Å². The highest BCUT2D eigenvalue weighted by molar-refractivity contribution is 6.35. The number of aliphatic hydroxyl groups excluding tert-OH is 1. The van der Waals surface area contributed by atoms with Gasteiger partial charge in [-0.3, -0.25) is 9.97 Å². The van der Waals surface area contributed by atoms with Crippen LogP contribution in [0.3, 0.4) is 0 Å². The SMILES string of the molecule is OC(Cc1c(Cl)cccc1Cl)c1cnccn1. The van der Waals surface area contributed by atoms with E-state index >= 15 is 0 Å². The smallest absolute Gasteiger partial charge is 0.102 e. The monoisotopic (exact) mass is 268 g/mol. The van der Waals surface area contributed by atoms with E-state index in [-0.39, 0.29) is 0 Å². The molecule has 1 aromatic heterocycles. The molecule has 1 N–H and O–H groups in total. The van der Waals surface area contributed by atoms with Crippen molar-refractivity contribution in [2.24, 2.45) is 0 Å². The quantitative estimate of drug-likeness (QED) is 0.931. The first-order valence-electron chi connectivity index (χ1n) is 5.05. The molecule has 0 fully saturated rings. The molecule has 5 heteroatoms. The molecule has 0 spiro atoms. The molecule has 17 heavy (non-hydrogen) atoms. The van der Waals surface area contributed by atoms with E-state index in [1.807, 2.05) is 0 Å². The van der Waals surface area contributed by atoms with Crippen molar-refractivity contribution in [3.8, 4) is 0 Å². The lowest BCUT2D eigenvalue weighted by molar-refractivity contribution is 0.173. The Labute approximate surface area is 109 Å². The zero-order chi connectivity index (χ0) is 12.3. The lowest BCUT2D eigenvalue weighted by atomic mass is 10.1. The Morgan fingerprint density at radius 3 is 2.47 bits per heavy atom. The number of rotatable bonds is 3. The van der Waals surface area contributed by atoms with Gasteiger partial charge < -0.3 is 5.11 Å². The minimum atomic E-state index is -0.763. The molecular formula is C12H10Cl2N2O. The summed E-state index contributed by atoms with van der Waals surface area (Å²) in [5.74, 6) is 0. The van der Waals surface area contributed by atoms with Crippen molar-refractivity contribution in [2.45, 2.75) is 12.5 Å². The second kappa shape index (κ2) is 5.45. The molecule has 0 saturated heterocycles. The van der Waals surface area contributed by atoms with Crippen molar-refractivity contribution in [3.63, 3.8) is 0 Å². The third kappa shape index (κ3) is 2.94. The maximum atomic E-state index is 10.0. The van der Waals surface area contributed by atoms with E-state index in [1.165, 1.54) is 12.4 Å². The Hall–Kier alpha value is -1.16. The van der Waals surface area contributed by atoms with Crippen molar-refractivity contribution in [2.75, 3.05) is 0 Å². The van der Waals surface area contributed by atoms with Crippen molar-refractivity contribution in [1.29, 1.82) is 0 Å². The molecule has 0 amide bonds. The number of halogens is 2. The van der Waals surface area contributed by atoms with Gasteiger partial charge in [-0.05, 0) is 17.7 Å². The van der Waals surface area contributed by atoms with Crippen LogP contribution in [0.4, 0.5) is 0 Å². The number of hydrogen-bond donors (Lipinski definition) is 1. The van der Waals surface area contributed by atoms with E-state index in [0.29, 0.717) is 27.7 Å². The van der Waals surface area contributed by atoms with E-state index in [0.717, 1.165) is 0 Å². The fraction of sp³-hybridized carbons (Fsp3) is 0.167. The standard InChI is InChI=1S/C12H10Cl2N2O/c13-9-2-1-3-10(14)8(9)6-12(17)11-7-15-4-5-16-11/h1-5,7,12,17H,6H2. The largest absolute Gasteiger partial charge is 0.386 e. The zero-order valence-corrected chi connectivity index (χ0v) is 10.4. The first-order chi connectivity index (χ1) is 8.18. The van der Waals surface area contributed by atoms with Gasteiger partial charge in [0.2, 0.25) is 0 Å².